The van der Waals surface area contributed by atoms with Crippen LogP contribution in [0.25, 0.3) is 15.0 Å². The summed E-state index contributed by atoms with van der Waals surface area (Å²) in [6.07, 6.45) is 3.74. The monoisotopic (exact) mass is 1740 g/mol. The summed E-state index contributed by atoms with van der Waals surface area (Å²) in [5, 5.41) is 67.4. The number of anilines is 3. The maximum atomic E-state index is 13.3. The Morgan fingerprint density at radius 2 is 0.750 bits per heavy atom. The number of thiocarbonyl (C=S) groups is 1. The van der Waals surface area contributed by atoms with Gasteiger partial charge in [0.05, 0.1) is 36.4 Å². The number of nitriles is 2. The average Bonchev–Trinajstić information content (AvgIpc) is 1.60. The molecule has 3 amide bonds. The standard InChI is InChI=1S/2C28H22ClN7O2S.C27H22ClN5O2S2.C2H4O2.Na/c2*1-14-15(2)39-28-24(14)25(17-4-6-19(29)7-5-17)33-22(26-35-34-16(3)36(26)28)11-23(37)32-20-8-9-21-18(10-20)12-38-27(21)31-13-30;1-13-14(2)37-26-23(13)24(16-4-6-18(28)7-5-16)30-21(25-32-31-15(3)33(25)26)11-22(34)29-19-8-9-20-17(10-19)12-35-27(20)36;1-2(3)4;/h2*4-10,22H,11-12H2,1-3H3,(H,32,37);4-10,21H,11-12H2,1-3H3,(H,29,34);1H3,(H,3,4);/q;;;;+1/p-1/t2*22-;21-;;/m000../s1. The number of rotatable bonds is 12. The Hall–Kier alpha value is -11.6. The molecular formula is C85H69Cl3N19NaO8S4. The number of nitrogens with one attached hydrogen (secondary N) is 3. The number of carboxylic acids is 1. The number of nitrogens with zero attached hydrogens (tertiary/aromatic N) is 16. The van der Waals surface area contributed by atoms with Gasteiger partial charge in [0.15, 0.2) is 22.5 Å². The molecule has 6 aromatic carbocycles. The van der Waals surface area contributed by atoms with Crippen molar-refractivity contribution in [2.75, 3.05) is 16.0 Å². The third-order valence-electron chi connectivity index (χ3n) is 20.4. The zero-order chi connectivity index (χ0) is 83.9. The SMILES string of the molecule is CC(=O)[O-].Cc1sc2c(c1C)C(c1ccc(Cl)cc1)=N[C@@H](CC(=O)Nc1ccc3c(c1)COC3=NC#N)c1nnc(C)n1-2.Cc1sc2c(c1C)C(c1ccc(Cl)cc1)=N[C@@H](CC(=O)Nc1ccc3c(c1)COC3=NC#N)c1nnc(C)n1-2.Cc1sc2c(c1C)C(c1ccc(Cl)cc1)=N[C@@H](CC(=O)Nc1ccc3c(c1)COC3=S)c1nnc(C)n1-2.[Na+]. The van der Waals surface area contributed by atoms with E-state index in [4.69, 9.17) is 96.6 Å². The second kappa shape index (κ2) is 35.8. The van der Waals surface area contributed by atoms with Gasteiger partial charge in [-0.1, -0.05) is 71.2 Å². The molecule has 0 saturated heterocycles. The number of amides is 3. The third kappa shape index (κ3) is 17.3. The molecule has 12 heterocycles. The number of aliphatic carboxylic acids is 1. The Morgan fingerprint density at radius 3 is 1.05 bits per heavy atom. The van der Waals surface area contributed by atoms with Crippen LogP contribution in [0.5, 0.6) is 0 Å². The van der Waals surface area contributed by atoms with E-state index in [-0.39, 0.29) is 66.5 Å². The number of aryl methyl sites for hydroxylation is 6. The minimum absolute atomic E-state index is 0. The second-order valence-corrected chi connectivity index (χ2v) is 33.6. The summed E-state index contributed by atoms with van der Waals surface area (Å²) in [6.45, 7) is 20.3. The first-order valence-corrected chi connectivity index (χ1v) is 41.1. The van der Waals surface area contributed by atoms with E-state index in [9.17, 15) is 14.4 Å². The van der Waals surface area contributed by atoms with Crippen LogP contribution in [0.2, 0.25) is 15.1 Å². The van der Waals surface area contributed by atoms with Gasteiger partial charge >= 0.3 is 29.6 Å². The van der Waals surface area contributed by atoms with Crippen molar-refractivity contribution < 1.29 is 68.1 Å². The molecule has 3 N–H and O–H groups in total. The number of aliphatic imine (C=N–C) groups is 5. The fourth-order valence-corrected chi connectivity index (χ4v) is 18.8. The predicted molar refractivity (Wildman–Crippen MR) is 460 cm³/mol. The van der Waals surface area contributed by atoms with Crippen LogP contribution in [-0.2, 0) is 53.2 Å². The Balaban J connectivity index is 0.000000143. The smallest absolute Gasteiger partial charge is 0.550 e. The van der Waals surface area contributed by atoms with E-state index < -0.39 is 24.1 Å². The molecule has 27 nitrogen and oxygen atoms in total. The van der Waals surface area contributed by atoms with Gasteiger partial charge in [-0.2, -0.15) is 10.5 Å². The first-order chi connectivity index (χ1) is 57.2. The summed E-state index contributed by atoms with van der Waals surface area (Å²) in [6, 6.07) is 37.5. The molecule has 0 radical (unpaired) electrons. The Bertz CT molecular complexity index is 6180. The number of hydrogen-bond donors (Lipinski definition) is 3. The topological polar surface area (TPSA) is 357 Å². The minimum Gasteiger partial charge on any atom is -0.550 e. The maximum absolute atomic E-state index is 13.3. The zero-order valence-electron chi connectivity index (χ0n) is 66.3. The first kappa shape index (κ1) is 84.8. The van der Waals surface area contributed by atoms with Crippen LogP contribution in [0.15, 0.2) is 152 Å². The van der Waals surface area contributed by atoms with E-state index >= 15 is 0 Å². The quantitative estimate of drug-likeness (QED) is 0.0581. The van der Waals surface area contributed by atoms with Gasteiger partial charge in [0, 0.05) is 119 Å². The summed E-state index contributed by atoms with van der Waals surface area (Å²) >= 11 is 28.8. The van der Waals surface area contributed by atoms with Crippen LogP contribution in [-0.4, -0.2) is 102 Å². The number of carbonyl (C=O) groups is 4. The van der Waals surface area contributed by atoms with E-state index in [0.29, 0.717) is 86.3 Å². The van der Waals surface area contributed by atoms with Crippen molar-refractivity contribution in [1.29, 1.82) is 10.5 Å². The second-order valence-electron chi connectivity index (χ2n) is 28.3. The molecule has 3 atom stereocenters. The van der Waals surface area contributed by atoms with Crippen molar-refractivity contribution in [3.63, 3.8) is 0 Å². The van der Waals surface area contributed by atoms with Gasteiger partial charge in [-0.3, -0.25) is 43.1 Å². The van der Waals surface area contributed by atoms with E-state index in [0.717, 1.165) is 140 Å². The van der Waals surface area contributed by atoms with Gasteiger partial charge < -0.3 is 40.1 Å². The van der Waals surface area contributed by atoms with Crippen LogP contribution in [0.3, 0.4) is 0 Å². The Morgan fingerprint density at radius 1 is 0.467 bits per heavy atom. The van der Waals surface area contributed by atoms with Gasteiger partial charge in [0.2, 0.25) is 41.9 Å². The van der Waals surface area contributed by atoms with Gasteiger partial charge in [-0.05, 0) is 189 Å². The molecule has 120 heavy (non-hydrogen) atoms. The molecule has 598 valence electrons. The molecule has 6 aliphatic rings. The molecule has 0 spiro atoms. The molecule has 0 bridgehead atoms. The Kier molecular flexibility index (Phi) is 25.3. The van der Waals surface area contributed by atoms with E-state index in [1.807, 2.05) is 138 Å². The number of fused-ring (bicyclic) bond motifs is 12. The number of thiophene rings is 3. The van der Waals surface area contributed by atoms with Crippen LogP contribution >= 0.6 is 81.0 Å². The van der Waals surface area contributed by atoms with Crippen molar-refractivity contribution >= 4 is 156 Å². The number of carbonyl (C=O) groups excluding carboxylic acids is 4. The minimum atomic E-state index is -1.08. The van der Waals surface area contributed by atoms with Crippen molar-refractivity contribution in [1.82, 2.24) is 44.3 Å². The molecule has 0 aliphatic carbocycles. The van der Waals surface area contributed by atoms with Crippen molar-refractivity contribution in [2.24, 2.45) is 25.0 Å². The summed E-state index contributed by atoms with van der Waals surface area (Å²) in [5.74, 6) is 3.01. The number of hydrogen-bond acceptors (Lipinski definition) is 25. The predicted octanol–water partition coefficient (Wildman–Crippen LogP) is 13.0. The molecule has 0 unspecified atom stereocenters. The normalized spacial score (nSPS) is 15.8. The molecule has 18 rings (SSSR count). The molecule has 6 aliphatic heterocycles. The van der Waals surface area contributed by atoms with E-state index in [2.05, 4.69) is 98.1 Å². The summed E-state index contributed by atoms with van der Waals surface area (Å²) in [5.41, 5.74) is 18.6. The van der Waals surface area contributed by atoms with Crippen molar-refractivity contribution in [3.8, 4) is 27.4 Å². The summed E-state index contributed by atoms with van der Waals surface area (Å²) < 4.78 is 22.5. The average molecular weight is 1740 g/mol. The fourth-order valence-electron chi connectivity index (χ4n) is 14.5. The van der Waals surface area contributed by atoms with Crippen LogP contribution < -0.4 is 50.6 Å². The number of ether oxygens (including phenoxy) is 3. The zero-order valence-corrected chi connectivity index (χ0v) is 73.8. The fraction of sp³-hybridized carbons (Fsp3) is 0.224. The van der Waals surface area contributed by atoms with E-state index in [1.54, 1.807) is 70.7 Å². The molecular weight excluding hydrogens is 1670 g/mol. The largest absolute Gasteiger partial charge is 1.00 e. The summed E-state index contributed by atoms with van der Waals surface area (Å²) in [7, 11) is 0. The number of aromatic nitrogens is 9. The van der Waals surface area contributed by atoms with Crippen molar-refractivity contribution in [3.05, 3.63) is 275 Å². The van der Waals surface area contributed by atoms with Crippen molar-refractivity contribution in [2.45, 2.75) is 126 Å². The van der Waals surface area contributed by atoms with Gasteiger partial charge in [0.25, 0.3) is 0 Å². The molecule has 12 aromatic rings. The summed E-state index contributed by atoms with van der Waals surface area (Å²) in [4.78, 5) is 75.3. The van der Waals surface area contributed by atoms with Gasteiger partial charge in [0.1, 0.15) is 70.4 Å². The molecule has 6 aromatic heterocycles. The maximum Gasteiger partial charge on any atom is 1.00 e. The molecule has 0 fully saturated rings. The number of benzene rings is 6. The Labute approximate surface area is 742 Å². The van der Waals surface area contributed by atoms with Crippen LogP contribution in [0, 0.1) is 85.2 Å². The number of halogens is 3. The van der Waals surface area contributed by atoms with Gasteiger partial charge in [-0.15, -0.1) is 74.6 Å². The molecule has 0 saturated carbocycles. The van der Waals surface area contributed by atoms with E-state index in [1.165, 1.54) is 14.6 Å². The number of carboxylic acid groups (broad SMARTS) is 1. The van der Waals surface area contributed by atoms with Gasteiger partial charge in [-0.25, -0.2) is 0 Å². The molecule has 35 heteroatoms. The first-order valence-electron chi connectivity index (χ1n) is 37.1. The third-order valence-corrected chi connectivity index (χ3v) is 25.1. The van der Waals surface area contributed by atoms with Crippen LogP contribution in [0.4, 0.5) is 17.1 Å². The van der Waals surface area contributed by atoms with Crippen LogP contribution in [0.1, 0.15) is 177 Å².